The number of halogens is 3. The van der Waals surface area contributed by atoms with Gasteiger partial charge in [0.2, 0.25) is 11.6 Å². The van der Waals surface area contributed by atoms with Gasteiger partial charge < -0.3 is 24.2 Å². The van der Waals surface area contributed by atoms with Crippen molar-refractivity contribution >= 4 is 0 Å². The summed E-state index contributed by atoms with van der Waals surface area (Å²) in [5.41, 5.74) is -0.121. The maximum absolute atomic E-state index is 14.0. The zero-order valence-electron chi connectivity index (χ0n) is 20.2. The molecule has 6 rings (SSSR count). The van der Waals surface area contributed by atoms with Crippen LogP contribution in [-0.4, -0.2) is 39.1 Å². The second-order valence-electron chi connectivity index (χ2n) is 9.64. The number of nitrogens with zero attached hydrogens (tertiary/aromatic N) is 3. The minimum atomic E-state index is -4.77. The van der Waals surface area contributed by atoms with E-state index in [2.05, 4.69) is 20.6 Å². The molecule has 2 aliphatic rings. The summed E-state index contributed by atoms with van der Waals surface area (Å²) in [5, 5.41) is 22.0. The fourth-order valence-electron chi connectivity index (χ4n) is 5.17. The van der Waals surface area contributed by atoms with Crippen molar-refractivity contribution in [1.29, 1.82) is 0 Å². The molecule has 1 aliphatic heterocycles. The first kappa shape index (κ1) is 24.6. The van der Waals surface area contributed by atoms with E-state index in [1.165, 1.54) is 31.4 Å². The van der Waals surface area contributed by atoms with E-state index in [0.29, 0.717) is 29.5 Å². The molecule has 0 unspecified atom stereocenters. The Balaban J connectivity index is 1.26. The number of benzene rings is 2. The quantitative estimate of drug-likeness (QED) is 0.336. The zero-order valence-corrected chi connectivity index (χ0v) is 20.2. The molecule has 2 atom stereocenters. The van der Waals surface area contributed by atoms with E-state index in [9.17, 15) is 18.3 Å². The van der Waals surface area contributed by atoms with Crippen LogP contribution in [0, 0.1) is 0 Å². The molecule has 0 spiro atoms. The topological polar surface area (TPSA) is 106 Å². The van der Waals surface area contributed by atoms with Crippen LogP contribution in [0.3, 0.4) is 0 Å². The van der Waals surface area contributed by atoms with E-state index in [1.807, 2.05) is 0 Å². The summed E-state index contributed by atoms with van der Waals surface area (Å²) in [4.78, 5) is 4.15. The minimum Gasteiger partial charge on any atom is -0.491 e. The summed E-state index contributed by atoms with van der Waals surface area (Å²) >= 11 is 0. The molecule has 198 valence electrons. The summed E-state index contributed by atoms with van der Waals surface area (Å²) < 4.78 is 58.2. The van der Waals surface area contributed by atoms with Crippen LogP contribution in [0.1, 0.15) is 49.3 Å². The summed E-state index contributed by atoms with van der Waals surface area (Å²) in [6.07, 6.45) is 0.253. The molecule has 0 bridgehead atoms. The highest BCUT2D eigenvalue weighted by molar-refractivity contribution is 5.71. The maximum atomic E-state index is 14.0. The largest absolute Gasteiger partial charge is 0.491 e. The Hall–Kier alpha value is -3.70. The van der Waals surface area contributed by atoms with E-state index in [4.69, 9.17) is 13.8 Å². The summed E-state index contributed by atoms with van der Waals surface area (Å²) in [7, 11) is 0. The van der Waals surface area contributed by atoms with E-state index >= 15 is 0 Å². The second kappa shape index (κ2) is 9.88. The predicted molar refractivity (Wildman–Crippen MR) is 130 cm³/mol. The van der Waals surface area contributed by atoms with Crippen molar-refractivity contribution in [3.05, 3.63) is 59.7 Å². The molecule has 0 radical (unpaired) electrons. The van der Waals surface area contributed by atoms with Crippen LogP contribution < -0.4 is 10.1 Å². The van der Waals surface area contributed by atoms with Gasteiger partial charge in [-0.2, -0.15) is 18.2 Å². The molecule has 8 nitrogen and oxygen atoms in total. The molecule has 1 saturated carbocycles. The van der Waals surface area contributed by atoms with Gasteiger partial charge in [-0.05, 0) is 18.9 Å². The summed E-state index contributed by atoms with van der Waals surface area (Å²) in [6, 6.07) is 13.1. The van der Waals surface area contributed by atoms with Gasteiger partial charge in [-0.3, -0.25) is 0 Å². The van der Waals surface area contributed by atoms with Crippen LogP contribution in [0.2, 0.25) is 0 Å². The van der Waals surface area contributed by atoms with Crippen LogP contribution >= 0.6 is 0 Å². The van der Waals surface area contributed by atoms with Crippen molar-refractivity contribution in [3.63, 3.8) is 0 Å². The van der Waals surface area contributed by atoms with Crippen LogP contribution in [0.5, 0.6) is 5.75 Å². The number of hydrogen-bond donors (Lipinski definition) is 2. The molecular weight excluding hydrogens is 501 g/mol. The molecule has 2 N–H and O–H groups in total. The zero-order chi connectivity index (χ0) is 26.3. The number of ether oxygens (including phenoxy) is 1. The number of nitrogens with one attached hydrogen (secondary N) is 1. The second-order valence-corrected chi connectivity index (χ2v) is 9.64. The Morgan fingerprint density at radius 1 is 0.921 bits per heavy atom. The molecule has 3 heterocycles. The van der Waals surface area contributed by atoms with E-state index in [1.54, 1.807) is 36.4 Å². The molecule has 1 fully saturated rings. The molecule has 11 heteroatoms. The Labute approximate surface area is 215 Å². The van der Waals surface area contributed by atoms with Gasteiger partial charge in [0.25, 0.3) is 5.89 Å². The van der Waals surface area contributed by atoms with Gasteiger partial charge in [-0.1, -0.05) is 72.0 Å². The first-order chi connectivity index (χ1) is 18.4. The van der Waals surface area contributed by atoms with Crippen molar-refractivity contribution in [2.75, 3.05) is 6.61 Å². The Morgan fingerprint density at radius 2 is 1.71 bits per heavy atom. The van der Waals surface area contributed by atoms with Crippen molar-refractivity contribution in [3.8, 4) is 40.0 Å². The lowest BCUT2D eigenvalue weighted by Crippen LogP contribution is -2.48. The van der Waals surface area contributed by atoms with Gasteiger partial charge in [-0.15, -0.1) is 0 Å². The van der Waals surface area contributed by atoms with Gasteiger partial charge in [-0.25, -0.2) is 0 Å². The normalized spacial score (nSPS) is 20.2. The maximum Gasteiger partial charge on any atom is 0.422 e. The van der Waals surface area contributed by atoms with Crippen LogP contribution in [0.4, 0.5) is 13.2 Å². The van der Waals surface area contributed by atoms with Crippen LogP contribution in [0.15, 0.2) is 57.6 Å². The molecule has 0 saturated heterocycles. The van der Waals surface area contributed by atoms with Crippen molar-refractivity contribution in [2.24, 2.45) is 0 Å². The number of aromatic nitrogens is 3. The van der Waals surface area contributed by atoms with Crippen molar-refractivity contribution in [1.82, 2.24) is 20.6 Å². The van der Waals surface area contributed by atoms with Gasteiger partial charge in [0.15, 0.2) is 0 Å². The highest BCUT2D eigenvalue weighted by Crippen LogP contribution is 2.43. The van der Waals surface area contributed by atoms with E-state index < -0.39 is 29.5 Å². The molecule has 38 heavy (non-hydrogen) atoms. The van der Waals surface area contributed by atoms with Crippen LogP contribution in [0.25, 0.3) is 34.3 Å². The van der Waals surface area contributed by atoms with E-state index in [0.717, 1.165) is 12.8 Å². The summed E-state index contributed by atoms with van der Waals surface area (Å²) in [5.74, 6) is -0.590. The van der Waals surface area contributed by atoms with Gasteiger partial charge in [0.1, 0.15) is 29.7 Å². The monoisotopic (exact) mass is 526 g/mol. The third-order valence-corrected chi connectivity index (χ3v) is 7.09. The van der Waals surface area contributed by atoms with Gasteiger partial charge in [0, 0.05) is 22.7 Å². The first-order valence-corrected chi connectivity index (χ1v) is 12.6. The average Bonchev–Trinajstić information content (AvgIpc) is 3.59. The van der Waals surface area contributed by atoms with Gasteiger partial charge in [0.05, 0.1) is 6.04 Å². The predicted octanol–water partition coefficient (Wildman–Crippen LogP) is 5.79. The average molecular weight is 527 g/mol. The van der Waals surface area contributed by atoms with Crippen LogP contribution in [-0.2, 0) is 6.18 Å². The molecule has 0 amide bonds. The van der Waals surface area contributed by atoms with Crippen molar-refractivity contribution < 1.29 is 32.1 Å². The fourth-order valence-corrected chi connectivity index (χ4v) is 5.17. The SMILES string of the molecule is O[C@H]1c2ccc(-c3noc(-c4onc(-c5ccccc5)c4C(F)(F)F)n3)cc2OC[C@H]1NC1CCCCC1. The van der Waals surface area contributed by atoms with Crippen molar-refractivity contribution in [2.45, 2.75) is 56.5 Å². The minimum absolute atomic E-state index is 0.0501. The highest BCUT2D eigenvalue weighted by Gasteiger charge is 2.43. The number of aliphatic hydroxyl groups excluding tert-OH is 1. The number of hydrogen-bond acceptors (Lipinski definition) is 8. The molecular formula is C27H25F3N4O4. The Kier molecular flexibility index (Phi) is 6.40. The third kappa shape index (κ3) is 4.67. The number of fused-ring (bicyclic) bond motifs is 1. The molecule has 1 aliphatic carbocycles. The Bertz CT molecular complexity index is 1410. The smallest absolute Gasteiger partial charge is 0.422 e. The number of rotatable bonds is 5. The number of alkyl halides is 3. The van der Waals surface area contributed by atoms with Gasteiger partial charge >= 0.3 is 6.18 Å². The third-order valence-electron chi connectivity index (χ3n) is 7.09. The molecule has 4 aromatic rings. The number of aliphatic hydroxyl groups is 1. The lowest BCUT2D eigenvalue weighted by Gasteiger charge is -2.35. The summed E-state index contributed by atoms with van der Waals surface area (Å²) in [6.45, 7) is 0.293. The fraction of sp³-hybridized carbons (Fsp3) is 0.370. The molecule has 2 aromatic heterocycles. The highest BCUT2D eigenvalue weighted by atomic mass is 19.4. The Morgan fingerprint density at radius 3 is 2.47 bits per heavy atom. The first-order valence-electron chi connectivity index (χ1n) is 12.6. The lowest BCUT2D eigenvalue weighted by atomic mass is 9.92. The molecule has 2 aromatic carbocycles. The lowest BCUT2D eigenvalue weighted by molar-refractivity contribution is -0.136. The standard InChI is InChI=1S/C27H25F3N4O4/c28-27(29,30)21-22(15-7-3-1-4-8-15)33-37-24(21)26-32-25(34-38-26)16-11-12-18-20(13-16)36-14-19(23(18)35)31-17-9-5-2-6-10-17/h1,3-4,7-8,11-13,17,19,23,31,35H,2,5-6,9-10,14H2/t19-,23+/m1/s1. The van der Waals surface area contributed by atoms with E-state index in [-0.39, 0.29) is 23.1 Å².